The zero-order valence-corrected chi connectivity index (χ0v) is 10.8. The highest BCUT2D eigenvalue weighted by Crippen LogP contribution is 2.34. The Bertz CT molecular complexity index is 511. The van der Waals surface area contributed by atoms with Crippen LogP contribution in [0, 0.1) is 13.8 Å². The SMILES string of the molecule is CNC(=O)CNC1C(=O)Nc2c(C)cc(C)cc21. The van der Waals surface area contributed by atoms with E-state index in [-0.39, 0.29) is 18.4 Å². The standard InChI is InChI=1S/C13H17N3O2/c1-7-4-8(2)11-9(5-7)12(13(18)16-11)15-6-10(17)14-3/h4-5,12,15H,6H2,1-3H3,(H,14,17)(H,16,18). The van der Waals surface area contributed by atoms with E-state index in [0.717, 1.165) is 22.4 Å². The lowest BCUT2D eigenvalue weighted by Crippen LogP contribution is -2.36. The van der Waals surface area contributed by atoms with Gasteiger partial charge in [-0.2, -0.15) is 0 Å². The van der Waals surface area contributed by atoms with Crippen molar-refractivity contribution in [2.75, 3.05) is 18.9 Å². The molecule has 0 radical (unpaired) electrons. The summed E-state index contributed by atoms with van der Waals surface area (Å²) in [4.78, 5) is 23.1. The molecule has 5 nitrogen and oxygen atoms in total. The third kappa shape index (κ3) is 2.22. The van der Waals surface area contributed by atoms with Gasteiger partial charge in [0, 0.05) is 18.3 Å². The predicted octanol–water partition coefficient (Wildman–Crippen LogP) is 0.632. The Morgan fingerprint density at radius 2 is 2.11 bits per heavy atom. The van der Waals surface area contributed by atoms with Gasteiger partial charge in [0.15, 0.2) is 0 Å². The van der Waals surface area contributed by atoms with Gasteiger partial charge in [-0.3, -0.25) is 14.9 Å². The third-order valence-corrected chi connectivity index (χ3v) is 3.08. The van der Waals surface area contributed by atoms with Gasteiger partial charge in [0.2, 0.25) is 11.8 Å². The average Bonchev–Trinajstić information content (AvgIpc) is 2.63. The topological polar surface area (TPSA) is 70.2 Å². The normalized spacial score (nSPS) is 17.3. The van der Waals surface area contributed by atoms with E-state index in [1.165, 1.54) is 0 Å². The summed E-state index contributed by atoms with van der Waals surface area (Å²) in [7, 11) is 1.57. The van der Waals surface area contributed by atoms with Crippen molar-refractivity contribution in [2.45, 2.75) is 19.9 Å². The highest BCUT2D eigenvalue weighted by atomic mass is 16.2. The fourth-order valence-corrected chi connectivity index (χ4v) is 2.22. The highest BCUT2D eigenvalue weighted by Gasteiger charge is 2.31. The molecule has 0 fully saturated rings. The van der Waals surface area contributed by atoms with Crippen LogP contribution in [0.15, 0.2) is 12.1 Å². The molecule has 0 spiro atoms. The Morgan fingerprint density at radius 3 is 2.78 bits per heavy atom. The number of amides is 2. The molecule has 1 atom stereocenters. The fourth-order valence-electron chi connectivity index (χ4n) is 2.22. The van der Waals surface area contributed by atoms with Crippen LogP contribution in [0.4, 0.5) is 5.69 Å². The molecule has 0 aromatic heterocycles. The van der Waals surface area contributed by atoms with E-state index in [1.54, 1.807) is 7.05 Å². The summed E-state index contributed by atoms with van der Waals surface area (Å²) in [6.07, 6.45) is 0. The van der Waals surface area contributed by atoms with Gasteiger partial charge >= 0.3 is 0 Å². The van der Waals surface area contributed by atoms with Crippen molar-refractivity contribution >= 4 is 17.5 Å². The molecule has 0 saturated heterocycles. The number of aryl methyl sites for hydroxylation is 2. The lowest BCUT2D eigenvalue weighted by Gasteiger charge is -2.11. The molecule has 0 saturated carbocycles. The number of benzene rings is 1. The Kier molecular flexibility index (Phi) is 3.34. The van der Waals surface area contributed by atoms with Crippen molar-refractivity contribution in [3.63, 3.8) is 0 Å². The van der Waals surface area contributed by atoms with Gasteiger partial charge in [-0.1, -0.05) is 17.7 Å². The molecule has 0 aliphatic carbocycles. The molecule has 1 aromatic rings. The second kappa shape index (κ2) is 4.78. The number of hydrogen-bond acceptors (Lipinski definition) is 3. The molecular weight excluding hydrogens is 230 g/mol. The maximum absolute atomic E-state index is 11.9. The molecule has 0 bridgehead atoms. The average molecular weight is 247 g/mol. The van der Waals surface area contributed by atoms with Gasteiger partial charge in [-0.25, -0.2) is 0 Å². The van der Waals surface area contributed by atoms with Crippen molar-refractivity contribution in [2.24, 2.45) is 0 Å². The van der Waals surface area contributed by atoms with Crippen LogP contribution in [-0.4, -0.2) is 25.4 Å². The fraction of sp³-hybridized carbons (Fsp3) is 0.385. The molecule has 1 unspecified atom stereocenters. The number of nitrogens with one attached hydrogen (secondary N) is 3. The van der Waals surface area contributed by atoms with Crippen LogP contribution in [-0.2, 0) is 9.59 Å². The number of anilines is 1. The number of carbonyl (C=O) groups is 2. The maximum atomic E-state index is 11.9. The molecule has 96 valence electrons. The summed E-state index contributed by atoms with van der Waals surface area (Å²) in [6, 6.07) is 3.55. The second-order valence-corrected chi connectivity index (χ2v) is 4.52. The van der Waals surface area contributed by atoms with E-state index in [4.69, 9.17) is 0 Å². The van der Waals surface area contributed by atoms with Crippen LogP contribution in [0.5, 0.6) is 0 Å². The minimum atomic E-state index is -0.448. The molecule has 2 amide bonds. The summed E-state index contributed by atoms with van der Waals surface area (Å²) in [5.41, 5.74) is 3.93. The quantitative estimate of drug-likeness (QED) is 0.734. The molecule has 3 N–H and O–H groups in total. The van der Waals surface area contributed by atoms with Gasteiger partial charge in [-0.05, 0) is 19.4 Å². The number of carbonyl (C=O) groups excluding carboxylic acids is 2. The number of rotatable bonds is 3. The van der Waals surface area contributed by atoms with E-state index in [1.807, 2.05) is 26.0 Å². The summed E-state index contributed by atoms with van der Waals surface area (Å²) >= 11 is 0. The summed E-state index contributed by atoms with van der Waals surface area (Å²) in [6.45, 7) is 4.08. The molecule has 2 rings (SSSR count). The Balaban J connectivity index is 2.24. The van der Waals surface area contributed by atoms with E-state index in [2.05, 4.69) is 16.0 Å². The lowest BCUT2D eigenvalue weighted by atomic mass is 10.0. The monoisotopic (exact) mass is 247 g/mol. The predicted molar refractivity (Wildman–Crippen MR) is 69.4 cm³/mol. The molecule has 1 aliphatic rings. The van der Waals surface area contributed by atoms with Crippen molar-refractivity contribution in [3.8, 4) is 0 Å². The minimum Gasteiger partial charge on any atom is -0.358 e. The van der Waals surface area contributed by atoms with E-state index >= 15 is 0 Å². The first kappa shape index (κ1) is 12.6. The Labute approximate surface area is 106 Å². The van der Waals surface area contributed by atoms with Crippen LogP contribution in [0.2, 0.25) is 0 Å². The van der Waals surface area contributed by atoms with Crippen molar-refractivity contribution in [1.29, 1.82) is 0 Å². The smallest absolute Gasteiger partial charge is 0.246 e. The number of hydrogen-bond donors (Lipinski definition) is 3. The lowest BCUT2D eigenvalue weighted by molar-refractivity contribution is -0.120. The molecule has 1 aliphatic heterocycles. The van der Waals surface area contributed by atoms with Crippen LogP contribution in [0.25, 0.3) is 0 Å². The van der Waals surface area contributed by atoms with Crippen LogP contribution in [0.1, 0.15) is 22.7 Å². The van der Waals surface area contributed by atoms with Crippen molar-refractivity contribution in [1.82, 2.24) is 10.6 Å². The minimum absolute atomic E-state index is 0.109. The first-order valence-electron chi connectivity index (χ1n) is 5.89. The van der Waals surface area contributed by atoms with Crippen molar-refractivity contribution in [3.05, 3.63) is 28.8 Å². The second-order valence-electron chi connectivity index (χ2n) is 4.52. The Hall–Kier alpha value is -1.88. The molecule has 5 heteroatoms. The van der Waals surface area contributed by atoms with Gasteiger partial charge in [0.05, 0.1) is 6.54 Å². The molecule has 1 aromatic carbocycles. The zero-order chi connectivity index (χ0) is 13.3. The summed E-state index contributed by atoms with van der Waals surface area (Å²) in [5.74, 6) is -0.247. The zero-order valence-electron chi connectivity index (χ0n) is 10.8. The largest absolute Gasteiger partial charge is 0.358 e. The first-order chi connectivity index (χ1) is 8.52. The van der Waals surface area contributed by atoms with Crippen LogP contribution < -0.4 is 16.0 Å². The van der Waals surface area contributed by atoms with Gasteiger partial charge in [-0.15, -0.1) is 0 Å². The third-order valence-electron chi connectivity index (χ3n) is 3.08. The van der Waals surface area contributed by atoms with Gasteiger partial charge in [0.25, 0.3) is 0 Å². The van der Waals surface area contributed by atoms with E-state index in [9.17, 15) is 9.59 Å². The van der Waals surface area contributed by atoms with Crippen LogP contribution >= 0.6 is 0 Å². The van der Waals surface area contributed by atoms with Gasteiger partial charge in [0.1, 0.15) is 6.04 Å². The molecular formula is C13H17N3O2. The van der Waals surface area contributed by atoms with Crippen LogP contribution in [0.3, 0.4) is 0 Å². The van der Waals surface area contributed by atoms with Crippen molar-refractivity contribution < 1.29 is 9.59 Å². The van der Waals surface area contributed by atoms with Gasteiger partial charge < -0.3 is 10.6 Å². The Morgan fingerprint density at radius 1 is 1.39 bits per heavy atom. The highest BCUT2D eigenvalue weighted by molar-refractivity contribution is 6.03. The van der Waals surface area contributed by atoms with E-state index in [0.29, 0.717) is 0 Å². The number of fused-ring (bicyclic) bond motifs is 1. The van der Waals surface area contributed by atoms with E-state index < -0.39 is 6.04 Å². The number of likely N-dealkylation sites (N-methyl/N-ethyl adjacent to an activating group) is 1. The molecule has 1 heterocycles. The summed E-state index contributed by atoms with van der Waals surface area (Å²) in [5, 5.41) is 8.34. The first-order valence-corrected chi connectivity index (χ1v) is 5.89. The maximum Gasteiger partial charge on any atom is 0.246 e. The summed E-state index contributed by atoms with van der Waals surface area (Å²) < 4.78 is 0. The molecule has 18 heavy (non-hydrogen) atoms.